The normalized spacial score (nSPS) is 23.9. The maximum Gasteiger partial charge on any atom is 0.233 e. The zero-order chi connectivity index (χ0) is 18.7. The minimum Gasteiger partial charge on any atom is -0.349 e. The van der Waals surface area contributed by atoms with Crippen LogP contribution in [0.4, 0.5) is 0 Å². The van der Waals surface area contributed by atoms with E-state index >= 15 is 0 Å². The van der Waals surface area contributed by atoms with Crippen molar-refractivity contribution >= 4 is 17.7 Å². The molecule has 2 fully saturated rings. The Hall–Kier alpha value is -2.17. The smallest absolute Gasteiger partial charge is 0.233 e. The van der Waals surface area contributed by atoms with Gasteiger partial charge in [-0.3, -0.25) is 19.3 Å². The molecule has 26 heavy (non-hydrogen) atoms. The molecule has 3 amide bonds. The zero-order valence-electron chi connectivity index (χ0n) is 15.6. The Morgan fingerprint density at radius 1 is 1.08 bits per heavy atom. The average Bonchev–Trinajstić information content (AvgIpc) is 2.89. The molecule has 1 aliphatic heterocycles. The van der Waals surface area contributed by atoms with Gasteiger partial charge in [-0.1, -0.05) is 57.0 Å². The summed E-state index contributed by atoms with van der Waals surface area (Å²) in [5, 5.41) is 3.06. The molecule has 0 bridgehead atoms. The van der Waals surface area contributed by atoms with Gasteiger partial charge in [0.2, 0.25) is 17.7 Å². The summed E-state index contributed by atoms with van der Waals surface area (Å²) in [5.41, 5.74) is 1.06. The zero-order valence-corrected chi connectivity index (χ0v) is 15.6. The van der Waals surface area contributed by atoms with E-state index in [9.17, 15) is 14.4 Å². The second-order valence-corrected chi connectivity index (χ2v) is 7.78. The number of benzene rings is 1. The Morgan fingerprint density at radius 3 is 2.19 bits per heavy atom. The largest absolute Gasteiger partial charge is 0.349 e. The number of likely N-dealkylation sites (tertiary alicyclic amines) is 1. The van der Waals surface area contributed by atoms with Crippen LogP contribution in [-0.2, 0) is 14.4 Å². The van der Waals surface area contributed by atoms with Gasteiger partial charge in [0, 0.05) is 13.0 Å². The fraction of sp³-hybridized carbons (Fsp3) is 0.571. The SMILES string of the molecule is CC(C)[C@H](NC(=O)CCN1C(=O)[C@H]2CCCC[C@@H]2C1=O)c1ccccc1. The molecule has 1 saturated carbocycles. The van der Waals surface area contributed by atoms with E-state index in [1.165, 1.54) is 4.90 Å². The van der Waals surface area contributed by atoms with E-state index in [1.54, 1.807) is 0 Å². The van der Waals surface area contributed by atoms with Crippen molar-refractivity contribution in [3.8, 4) is 0 Å². The summed E-state index contributed by atoms with van der Waals surface area (Å²) in [7, 11) is 0. The Balaban J connectivity index is 1.58. The van der Waals surface area contributed by atoms with E-state index in [2.05, 4.69) is 19.2 Å². The van der Waals surface area contributed by atoms with Crippen molar-refractivity contribution in [1.82, 2.24) is 10.2 Å². The first-order valence-corrected chi connectivity index (χ1v) is 9.68. The van der Waals surface area contributed by atoms with E-state index < -0.39 is 0 Å². The molecule has 140 valence electrons. The third-order valence-electron chi connectivity index (χ3n) is 5.64. The van der Waals surface area contributed by atoms with Crippen LogP contribution in [0.3, 0.4) is 0 Å². The summed E-state index contributed by atoms with van der Waals surface area (Å²) in [6.07, 6.45) is 3.80. The van der Waals surface area contributed by atoms with Crippen molar-refractivity contribution in [1.29, 1.82) is 0 Å². The summed E-state index contributed by atoms with van der Waals surface area (Å²) in [6.45, 7) is 4.32. The van der Waals surface area contributed by atoms with Gasteiger partial charge in [0.25, 0.3) is 0 Å². The second-order valence-electron chi connectivity index (χ2n) is 7.78. The van der Waals surface area contributed by atoms with Crippen molar-refractivity contribution < 1.29 is 14.4 Å². The molecule has 1 saturated heterocycles. The molecule has 3 rings (SSSR count). The summed E-state index contributed by atoms with van der Waals surface area (Å²) in [6, 6.07) is 9.80. The van der Waals surface area contributed by atoms with Crippen molar-refractivity contribution in [2.75, 3.05) is 6.54 Å². The van der Waals surface area contributed by atoms with Gasteiger partial charge in [-0.25, -0.2) is 0 Å². The van der Waals surface area contributed by atoms with Gasteiger partial charge in [-0.2, -0.15) is 0 Å². The number of imide groups is 1. The quantitative estimate of drug-likeness (QED) is 0.797. The van der Waals surface area contributed by atoms with Crippen LogP contribution in [0.1, 0.15) is 57.6 Å². The first-order valence-electron chi connectivity index (χ1n) is 9.68. The average molecular weight is 356 g/mol. The molecule has 0 spiro atoms. The molecule has 5 heteroatoms. The number of nitrogens with one attached hydrogen (secondary N) is 1. The second kappa shape index (κ2) is 8.02. The lowest BCUT2D eigenvalue weighted by atomic mass is 9.81. The van der Waals surface area contributed by atoms with Gasteiger partial charge >= 0.3 is 0 Å². The van der Waals surface area contributed by atoms with Crippen molar-refractivity contribution in [2.45, 2.75) is 52.0 Å². The Kier molecular flexibility index (Phi) is 5.74. The Labute approximate surface area is 155 Å². The predicted molar refractivity (Wildman–Crippen MR) is 98.9 cm³/mol. The minimum atomic E-state index is -0.146. The predicted octanol–water partition coefficient (Wildman–Crippen LogP) is 3.07. The maximum atomic E-state index is 12.5. The molecule has 1 aromatic carbocycles. The molecule has 0 aromatic heterocycles. The molecule has 0 unspecified atom stereocenters. The molecule has 0 radical (unpaired) electrons. The number of rotatable bonds is 6. The van der Waals surface area contributed by atoms with Gasteiger partial charge in [0.15, 0.2) is 0 Å². The molecule has 3 atom stereocenters. The first kappa shape index (κ1) is 18.6. The first-order chi connectivity index (χ1) is 12.5. The molecule has 1 heterocycles. The molecular weight excluding hydrogens is 328 g/mol. The highest BCUT2D eigenvalue weighted by molar-refractivity contribution is 6.05. The van der Waals surface area contributed by atoms with Crippen LogP contribution in [0.15, 0.2) is 30.3 Å². The third kappa shape index (κ3) is 3.81. The van der Waals surface area contributed by atoms with Crippen molar-refractivity contribution in [2.24, 2.45) is 17.8 Å². The lowest BCUT2D eigenvalue weighted by molar-refractivity contribution is -0.140. The minimum absolute atomic E-state index is 0.0729. The third-order valence-corrected chi connectivity index (χ3v) is 5.64. The molecule has 1 aliphatic carbocycles. The molecule has 5 nitrogen and oxygen atoms in total. The van der Waals surface area contributed by atoms with Gasteiger partial charge in [-0.15, -0.1) is 0 Å². The fourth-order valence-electron chi connectivity index (χ4n) is 4.21. The van der Waals surface area contributed by atoms with Crippen molar-refractivity contribution in [3.63, 3.8) is 0 Å². The highest BCUT2D eigenvalue weighted by atomic mass is 16.2. The highest BCUT2D eigenvalue weighted by Gasteiger charge is 2.47. The van der Waals surface area contributed by atoms with Gasteiger partial charge in [-0.05, 0) is 24.3 Å². The van der Waals surface area contributed by atoms with Crippen LogP contribution < -0.4 is 5.32 Å². The molecular formula is C21H28N2O3. The number of hydrogen-bond donors (Lipinski definition) is 1. The van der Waals surface area contributed by atoms with Crippen LogP contribution in [0, 0.1) is 17.8 Å². The number of carbonyl (C=O) groups is 3. The van der Waals surface area contributed by atoms with E-state index in [0.29, 0.717) is 0 Å². The van der Waals surface area contributed by atoms with Gasteiger partial charge < -0.3 is 5.32 Å². The topological polar surface area (TPSA) is 66.5 Å². The lowest BCUT2D eigenvalue weighted by Gasteiger charge is -2.23. The Bertz CT molecular complexity index is 647. The lowest BCUT2D eigenvalue weighted by Crippen LogP contribution is -2.37. The summed E-state index contributed by atoms with van der Waals surface area (Å²) in [4.78, 5) is 38.8. The Morgan fingerprint density at radius 2 is 1.65 bits per heavy atom. The number of hydrogen-bond acceptors (Lipinski definition) is 3. The van der Waals surface area contributed by atoms with Crippen LogP contribution in [0.25, 0.3) is 0 Å². The van der Waals surface area contributed by atoms with E-state index in [-0.39, 0.29) is 54.5 Å². The van der Waals surface area contributed by atoms with E-state index in [4.69, 9.17) is 0 Å². The standard InChI is InChI=1S/C21H28N2O3/c1-14(2)19(15-8-4-3-5-9-15)22-18(24)12-13-23-20(25)16-10-6-7-11-17(16)21(23)26/h3-5,8-9,14,16-17,19H,6-7,10-13H2,1-2H3,(H,22,24)/t16-,17-,19-/m0/s1. The molecule has 1 aromatic rings. The molecule has 1 N–H and O–H groups in total. The monoisotopic (exact) mass is 356 g/mol. The number of nitrogens with zero attached hydrogens (tertiary/aromatic N) is 1. The van der Waals surface area contributed by atoms with E-state index in [1.807, 2.05) is 30.3 Å². The van der Waals surface area contributed by atoms with Gasteiger partial charge in [0.1, 0.15) is 0 Å². The number of amides is 3. The van der Waals surface area contributed by atoms with Gasteiger partial charge in [0.05, 0.1) is 17.9 Å². The van der Waals surface area contributed by atoms with Crippen molar-refractivity contribution in [3.05, 3.63) is 35.9 Å². The van der Waals surface area contributed by atoms with E-state index in [0.717, 1.165) is 31.2 Å². The highest BCUT2D eigenvalue weighted by Crippen LogP contribution is 2.38. The fourth-order valence-corrected chi connectivity index (χ4v) is 4.21. The number of fused-ring (bicyclic) bond motifs is 1. The van der Waals surface area contributed by atoms with Crippen LogP contribution in [-0.4, -0.2) is 29.2 Å². The van der Waals surface area contributed by atoms with Crippen LogP contribution >= 0.6 is 0 Å². The van der Waals surface area contributed by atoms with Crippen LogP contribution in [0.5, 0.6) is 0 Å². The molecule has 2 aliphatic rings. The van der Waals surface area contributed by atoms with Crippen LogP contribution in [0.2, 0.25) is 0 Å². The summed E-state index contributed by atoms with van der Waals surface area (Å²) >= 11 is 0. The maximum absolute atomic E-state index is 12.5. The summed E-state index contributed by atoms with van der Waals surface area (Å²) in [5.74, 6) is -0.312. The summed E-state index contributed by atoms with van der Waals surface area (Å²) < 4.78 is 0. The number of carbonyl (C=O) groups excluding carboxylic acids is 3.